The molecule has 136 valence electrons. The Morgan fingerprint density at radius 1 is 1.04 bits per heavy atom. The molecule has 1 aliphatic rings. The molecule has 2 heterocycles. The molecule has 26 heavy (non-hydrogen) atoms. The Balaban J connectivity index is 1.56. The molecule has 2 aromatic rings. The number of anilines is 1. The minimum Gasteiger partial charge on any atom is -0.380 e. The van der Waals surface area contributed by atoms with E-state index in [2.05, 4.69) is 29.4 Å². The molecule has 0 bridgehead atoms. The van der Waals surface area contributed by atoms with Crippen molar-refractivity contribution in [1.82, 2.24) is 14.8 Å². The summed E-state index contributed by atoms with van der Waals surface area (Å²) in [7, 11) is 0. The van der Waals surface area contributed by atoms with Crippen molar-refractivity contribution in [3.8, 4) is 0 Å². The Morgan fingerprint density at radius 2 is 1.73 bits per heavy atom. The number of hydrogen-bond donors (Lipinski definition) is 1. The first kappa shape index (κ1) is 17.9. The van der Waals surface area contributed by atoms with Crippen LogP contribution in [0.2, 0.25) is 0 Å². The van der Waals surface area contributed by atoms with Gasteiger partial charge >= 0.3 is 0 Å². The van der Waals surface area contributed by atoms with Gasteiger partial charge in [0.2, 0.25) is 5.91 Å². The summed E-state index contributed by atoms with van der Waals surface area (Å²) in [5.74, 6) is -0.0297. The molecule has 1 N–H and O–H groups in total. The molecule has 6 heteroatoms. The summed E-state index contributed by atoms with van der Waals surface area (Å²) in [6, 6.07) is 11.9. The fourth-order valence-electron chi connectivity index (χ4n) is 3.02. The highest BCUT2D eigenvalue weighted by atomic mass is 16.2. The van der Waals surface area contributed by atoms with Crippen LogP contribution in [0.4, 0.5) is 5.69 Å². The fourth-order valence-corrected chi connectivity index (χ4v) is 3.02. The zero-order valence-electron chi connectivity index (χ0n) is 15.2. The van der Waals surface area contributed by atoms with Crippen LogP contribution in [0, 0.1) is 6.92 Å². The molecule has 0 saturated carbocycles. The quantitative estimate of drug-likeness (QED) is 0.917. The van der Waals surface area contributed by atoms with Crippen molar-refractivity contribution in [1.29, 1.82) is 0 Å². The molecular weight excluding hydrogens is 328 g/mol. The van der Waals surface area contributed by atoms with E-state index >= 15 is 0 Å². The van der Waals surface area contributed by atoms with Crippen molar-refractivity contribution in [2.75, 3.05) is 31.5 Å². The van der Waals surface area contributed by atoms with Crippen LogP contribution in [-0.2, 0) is 11.3 Å². The van der Waals surface area contributed by atoms with Gasteiger partial charge in [-0.2, -0.15) is 0 Å². The lowest BCUT2D eigenvalue weighted by Gasteiger charge is -2.34. The van der Waals surface area contributed by atoms with E-state index in [1.54, 1.807) is 29.0 Å². The minimum absolute atomic E-state index is 0.0549. The van der Waals surface area contributed by atoms with Crippen molar-refractivity contribution in [2.45, 2.75) is 20.4 Å². The van der Waals surface area contributed by atoms with Gasteiger partial charge in [0.25, 0.3) is 5.91 Å². The molecular formula is C20H24N4O2. The number of amides is 2. The van der Waals surface area contributed by atoms with Crippen LogP contribution < -0.4 is 5.32 Å². The van der Waals surface area contributed by atoms with Crippen LogP contribution in [0.25, 0.3) is 0 Å². The third-order valence-electron chi connectivity index (χ3n) is 4.74. The van der Waals surface area contributed by atoms with Crippen molar-refractivity contribution >= 4 is 17.5 Å². The molecule has 1 saturated heterocycles. The Bertz CT molecular complexity index is 781. The minimum atomic E-state index is -0.0846. The summed E-state index contributed by atoms with van der Waals surface area (Å²) in [5.41, 5.74) is 3.79. The molecule has 1 fully saturated rings. The van der Waals surface area contributed by atoms with Crippen molar-refractivity contribution in [2.24, 2.45) is 0 Å². The Kier molecular flexibility index (Phi) is 5.51. The molecule has 6 nitrogen and oxygen atoms in total. The SMILES string of the molecule is CC(=O)N1CCN(C(=O)c2ccc(NCc3ccccc3C)cn2)CC1. The molecule has 1 aromatic carbocycles. The molecule has 0 atom stereocenters. The fraction of sp³-hybridized carbons (Fsp3) is 0.350. The van der Waals surface area contributed by atoms with E-state index in [0.29, 0.717) is 38.4 Å². The second-order valence-corrected chi connectivity index (χ2v) is 6.51. The number of pyridine rings is 1. The predicted molar refractivity (Wildman–Crippen MR) is 101 cm³/mol. The van der Waals surface area contributed by atoms with E-state index in [4.69, 9.17) is 0 Å². The smallest absolute Gasteiger partial charge is 0.272 e. The third-order valence-corrected chi connectivity index (χ3v) is 4.74. The van der Waals surface area contributed by atoms with E-state index in [0.717, 1.165) is 5.69 Å². The molecule has 1 aliphatic heterocycles. The number of hydrogen-bond acceptors (Lipinski definition) is 4. The highest BCUT2D eigenvalue weighted by Crippen LogP contribution is 2.13. The second-order valence-electron chi connectivity index (χ2n) is 6.51. The Morgan fingerprint density at radius 3 is 2.35 bits per heavy atom. The maximum Gasteiger partial charge on any atom is 0.272 e. The largest absolute Gasteiger partial charge is 0.380 e. The first-order valence-electron chi connectivity index (χ1n) is 8.84. The maximum atomic E-state index is 12.6. The Hall–Kier alpha value is -2.89. The number of carbonyl (C=O) groups is 2. The monoisotopic (exact) mass is 352 g/mol. The Labute approximate surface area is 153 Å². The summed E-state index contributed by atoms with van der Waals surface area (Å²) < 4.78 is 0. The maximum absolute atomic E-state index is 12.6. The molecule has 1 aromatic heterocycles. The molecule has 0 radical (unpaired) electrons. The third kappa shape index (κ3) is 4.20. The lowest BCUT2D eigenvalue weighted by atomic mass is 10.1. The van der Waals surface area contributed by atoms with Crippen LogP contribution in [0.15, 0.2) is 42.6 Å². The lowest BCUT2D eigenvalue weighted by Crippen LogP contribution is -2.50. The predicted octanol–water partition coefficient (Wildman–Crippen LogP) is 2.31. The molecule has 0 unspecified atom stereocenters. The van der Waals surface area contributed by atoms with Gasteiger partial charge in [0.05, 0.1) is 11.9 Å². The van der Waals surface area contributed by atoms with Gasteiger partial charge in [-0.05, 0) is 30.2 Å². The summed E-state index contributed by atoms with van der Waals surface area (Å²) >= 11 is 0. The lowest BCUT2D eigenvalue weighted by molar-refractivity contribution is -0.130. The molecule has 3 rings (SSSR count). The number of piperazine rings is 1. The second kappa shape index (κ2) is 7.99. The highest BCUT2D eigenvalue weighted by molar-refractivity contribution is 5.92. The standard InChI is InChI=1S/C20H24N4O2/c1-15-5-3-4-6-17(15)13-21-18-7-8-19(22-14-18)20(26)24-11-9-23(10-12-24)16(2)25/h3-8,14,21H,9-13H2,1-2H3. The first-order chi connectivity index (χ1) is 12.5. The van der Waals surface area contributed by atoms with Crippen LogP contribution in [0.3, 0.4) is 0 Å². The molecule has 2 amide bonds. The number of carbonyl (C=O) groups excluding carboxylic acids is 2. The average Bonchev–Trinajstić information content (AvgIpc) is 2.67. The van der Waals surface area contributed by atoms with Crippen molar-refractivity contribution < 1.29 is 9.59 Å². The van der Waals surface area contributed by atoms with Crippen LogP contribution in [-0.4, -0.2) is 52.8 Å². The van der Waals surface area contributed by atoms with Crippen LogP contribution >= 0.6 is 0 Å². The summed E-state index contributed by atoms with van der Waals surface area (Å²) in [6.07, 6.45) is 1.69. The van der Waals surface area contributed by atoms with E-state index < -0.39 is 0 Å². The number of nitrogens with zero attached hydrogens (tertiary/aromatic N) is 3. The normalized spacial score (nSPS) is 14.2. The van der Waals surface area contributed by atoms with Gasteiger partial charge in [-0.25, -0.2) is 4.98 Å². The number of aromatic nitrogens is 1. The highest BCUT2D eigenvalue weighted by Gasteiger charge is 2.23. The number of benzene rings is 1. The van der Waals surface area contributed by atoms with Gasteiger partial charge < -0.3 is 15.1 Å². The molecule has 0 spiro atoms. The van der Waals surface area contributed by atoms with E-state index in [-0.39, 0.29) is 11.8 Å². The van der Waals surface area contributed by atoms with E-state index in [1.807, 2.05) is 18.2 Å². The van der Waals surface area contributed by atoms with Gasteiger partial charge in [-0.15, -0.1) is 0 Å². The summed E-state index contributed by atoms with van der Waals surface area (Å²) in [4.78, 5) is 31.7. The topological polar surface area (TPSA) is 65.5 Å². The van der Waals surface area contributed by atoms with Gasteiger partial charge in [-0.1, -0.05) is 24.3 Å². The first-order valence-corrected chi connectivity index (χ1v) is 8.84. The van der Waals surface area contributed by atoms with Gasteiger partial charge in [0.15, 0.2) is 0 Å². The van der Waals surface area contributed by atoms with Crippen molar-refractivity contribution in [3.63, 3.8) is 0 Å². The van der Waals surface area contributed by atoms with Gasteiger partial charge in [0, 0.05) is 39.6 Å². The number of rotatable bonds is 4. The zero-order chi connectivity index (χ0) is 18.5. The van der Waals surface area contributed by atoms with Crippen LogP contribution in [0.1, 0.15) is 28.5 Å². The summed E-state index contributed by atoms with van der Waals surface area (Å²) in [6.45, 7) is 6.62. The van der Waals surface area contributed by atoms with Crippen LogP contribution in [0.5, 0.6) is 0 Å². The number of nitrogens with one attached hydrogen (secondary N) is 1. The number of aryl methyl sites for hydroxylation is 1. The zero-order valence-corrected chi connectivity index (χ0v) is 15.2. The van der Waals surface area contributed by atoms with Gasteiger partial charge in [0.1, 0.15) is 5.69 Å². The van der Waals surface area contributed by atoms with Gasteiger partial charge in [-0.3, -0.25) is 9.59 Å². The summed E-state index contributed by atoms with van der Waals surface area (Å²) in [5, 5.41) is 3.33. The van der Waals surface area contributed by atoms with Crippen molar-refractivity contribution in [3.05, 3.63) is 59.4 Å². The van der Waals surface area contributed by atoms with E-state index in [9.17, 15) is 9.59 Å². The van der Waals surface area contributed by atoms with E-state index in [1.165, 1.54) is 11.1 Å². The average molecular weight is 352 g/mol. The molecule has 0 aliphatic carbocycles.